The number of aryl methyl sites for hydroxylation is 1. The fraction of sp³-hybridized carbons (Fsp3) is 0.185. The highest BCUT2D eigenvalue weighted by Crippen LogP contribution is 2.49. The Morgan fingerprint density at radius 3 is 2.34 bits per heavy atom. The smallest absolute Gasteiger partial charge is 0.321 e. The third kappa shape index (κ3) is 3.56. The van der Waals surface area contributed by atoms with Crippen molar-refractivity contribution in [2.24, 2.45) is 7.05 Å². The van der Waals surface area contributed by atoms with Gasteiger partial charge in [0.2, 0.25) is 0 Å². The lowest BCUT2D eigenvalue weighted by atomic mass is 9.62. The molecule has 2 atom stereocenters. The first-order valence-electron chi connectivity index (χ1n) is 10.4. The van der Waals surface area contributed by atoms with E-state index >= 15 is 0 Å². The van der Waals surface area contributed by atoms with Crippen LogP contribution >= 0.6 is 15.9 Å². The van der Waals surface area contributed by atoms with Crippen molar-refractivity contribution in [1.29, 1.82) is 0 Å². The molecule has 0 unspecified atom stereocenters. The van der Waals surface area contributed by atoms with E-state index in [2.05, 4.69) is 15.9 Å². The largest absolute Gasteiger partial charge is 0.468 e. The van der Waals surface area contributed by atoms with Crippen molar-refractivity contribution in [1.82, 2.24) is 4.57 Å². The molecule has 1 aromatic heterocycles. The Morgan fingerprint density at radius 1 is 1.03 bits per heavy atom. The molecule has 4 rings (SSSR count). The molecule has 0 aliphatic carbocycles. The molecule has 0 radical (unpaired) electrons. The van der Waals surface area contributed by atoms with Gasteiger partial charge in [-0.25, -0.2) is 0 Å². The van der Waals surface area contributed by atoms with Crippen LogP contribution in [0.2, 0.25) is 0 Å². The number of hydrogen-bond acceptors (Lipinski definition) is 3. The van der Waals surface area contributed by atoms with E-state index in [9.17, 15) is 9.59 Å². The molecule has 162 valence electrons. The molecule has 0 fully saturated rings. The zero-order valence-electron chi connectivity index (χ0n) is 18.0. The van der Waals surface area contributed by atoms with Gasteiger partial charge in [0.05, 0.1) is 7.11 Å². The molecule has 0 saturated heterocycles. The van der Waals surface area contributed by atoms with Crippen molar-refractivity contribution in [3.63, 3.8) is 0 Å². The zero-order valence-corrected chi connectivity index (χ0v) is 19.6. The van der Waals surface area contributed by atoms with Crippen LogP contribution < -0.4 is 0 Å². The van der Waals surface area contributed by atoms with Crippen LogP contribution in [-0.2, 0) is 26.8 Å². The molecule has 4 nitrogen and oxygen atoms in total. The van der Waals surface area contributed by atoms with Crippen molar-refractivity contribution in [2.75, 3.05) is 7.11 Å². The number of rotatable bonds is 7. The Kier molecular flexibility index (Phi) is 6.28. The van der Waals surface area contributed by atoms with Gasteiger partial charge in [0.1, 0.15) is 11.7 Å². The Labute approximate surface area is 196 Å². The predicted octanol–water partition coefficient (Wildman–Crippen LogP) is 5.77. The third-order valence-electron chi connectivity index (χ3n) is 6.19. The minimum atomic E-state index is -1.22. The first-order chi connectivity index (χ1) is 15.5. The number of carbonyl (C=O) groups excluding carboxylic acids is 2. The van der Waals surface area contributed by atoms with Gasteiger partial charge >= 0.3 is 5.97 Å². The number of fused-ring (bicyclic) bond motifs is 1. The fourth-order valence-corrected chi connectivity index (χ4v) is 5.05. The molecule has 0 amide bonds. The minimum Gasteiger partial charge on any atom is -0.468 e. The molecule has 4 aromatic rings. The summed E-state index contributed by atoms with van der Waals surface area (Å²) in [6, 6.07) is 25.4. The van der Waals surface area contributed by atoms with E-state index in [1.54, 1.807) is 0 Å². The topological polar surface area (TPSA) is 48.3 Å². The number of aromatic nitrogens is 1. The number of aldehydes is 1. The molecule has 0 bridgehead atoms. The summed E-state index contributed by atoms with van der Waals surface area (Å²) in [7, 11) is 3.37. The lowest BCUT2D eigenvalue weighted by Crippen LogP contribution is -2.44. The second kappa shape index (κ2) is 9.13. The van der Waals surface area contributed by atoms with Gasteiger partial charge in [0.15, 0.2) is 0 Å². The molecular formula is C27H24BrNO3. The normalized spacial score (nSPS) is 14.0. The molecule has 32 heavy (non-hydrogen) atoms. The molecule has 3 aromatic carbocycles. The zero-order chi connectivity index (χ0) is 22.7. The van der Waals surface area contributed by atoms with Crippen LogP contribution in [-0.4, -0.2) is 23.9 Å². The number of benzene rings is 3. The third-order valence-corrected chi connectivity index (χ3v) is 6.71. The van der Waals surface area contributed by atoms with E-state index in [1.165, 1.54) is 7.11 Å². The van der Waals surface area contributed by atoms with Crippen LogP contribution in [0.1, 0.15) is 29.0 Å². The summed E-state index contributed by atoms with van der Waals surface area (Å²) in [5.41, 5.74) is 2.28. The average molecular weight is 490 g/mol. The summed E-state index contributed by atoms with van der Waals surface area (Å²) in [5, 5.41) is 0.954. The maximum atomic E-state index is 13.9. The quantitative estimate of drug-likeness (QED) is 0.244. The fourth-order valence-electron chi connectivity index (χ4n) is 4.79. The summed E-state index contributed by atoms with van der Waals surface area (Å²) in [6.45, 7) is 0. The molecule has 0 aliphatic heterocycles. The Bertz CT molecular complexity index is 1250. The van der Waals surface area contributed by atoms with E-state index in [-0.39, 0.29) is 6.42 Å². The van der Waals surface area contributed by atoms with Crippen molar-refractivity contribution >= 4 is 39.1 Å². The molecule has 0 spiro atoms. The molecule has 0 aliphatic rings. The second-order valence-corrected chi connectivity index (χ2v) is 8.76. The van der Waals surface area contributed by atoms with E-state index in [0.717, 1.165) is 38.4 Å². The van der Waals surface area contributed by atoms with Gasteiger partial charge in [-0.3, -0.25) is 4.79 Å². The maximum Gasteiger partial charge on any atom is 0.321 e. The van der Waals surface area contributed by atoms with Gasteiger partial charge < -0.3 is 14.1 Å². The second-order valence-electron chi connectivity index (χ2n) is 7.84. The summed E-state index contributed by atoms with van der Waals surface area (Å²) in [4.78, 5) is 25.9. The minimum absolute atomic E-state index is 0.165. The van der Waals surface area contributed by atoms with Crippen molar-refractivity contribution < 1.29 is 14.3 Å². The molecule has 5 heteroatoms. The number of nitrogens with zero attached hydrogens (tertiary/aromatic N) is 1. The summed E-state index contributed by atoms with van der Waals surface area (Å²) in [5.74, 6) is -0.854. The number of carbonyl (C=O) groups is 2. The predicted molar refractivity (Wildman–Crippen MR) is 130 cm³/mol. The Balaban J connectivity index is 2.16. The van der Waals surface area contributed by atoms with Crippen molar-refractivity contribution in [3.8, 4) is 0 Å². The number of halogens is 1. The number of ether oxygens (including phenoxy) is 1. The van der Waals surface area contributed by atoms with Crippen LogP contribution in [0.5, 0.6) is 0 Å². The average Bonchev–Trinajstić information content (AvgIpc) is 3.17. The maximum absolute atomic E-state index is 13.9. The highest BCUT2D eigenvalue weighted by molar-refractivity contribution is 9.10. The van der Waals surface area contributed by atoms with Gasteiger partial charge in [-0.15, -0.1) is 0 Å². The molecular weight excluding hydrogens is 466 g/mol. The highest BCUT2D eigenvalue weighted by Gasteiger charge is 2.51. The first-order valence-corrected chi connectivity index (χ1v) is 11.2. The lowest BCUT2D eigenvalue weighted by molar-refractivity contribution is -0.146. The van der Waals surface area contributed by atoms with Crippen LogP contribution in [0.15, 0.2) is 89.5 Å². The Hall–Kier alpha value is -3.18. The number of esters is 1. The van der Waals surface area contributed by atoms with Crippen LogP contribution in [0.3, 0.4) is 0 Å². The van der Waals surface area contributed by atoms with Crippen molar-refractivity contribution in [2.45, 2.75) is 17.8 Å². The summed E-state index contributed by atoms with van der Waals surface area (Å²) >= 11 is 3.50. The first kappa shape index (κ1) is 22.0. The van der Waals surface area contributed by atoms with Gasteiger partial charge in [-0.2, -0.15) is 0 Å². The number of para-hydroxylation sites is 1. The monoisotopic (exact) mass is 489 g/mol. The van der Waals surface area contributed by atoms with Gasteiger partial charge in [-0.05, 0) is 34.9 Å². The van der Waals surface area contributed by atoms with E-state index in [0.29, 0.717) is 0 Å². The molecule has 0 saturated carbocycles. The van der Waals surface area contributed by atoms with Gasteiger partial charge in [0, 0.05) is 41.0 Å². The lowest BCUT2D eigenvalue weighted by Gasteiger charge is -2.38. The van der Waals surface area contributed by atoms with E-state index < -0.39 is 17.3 Å². The van der Waals surface area contributed by atoms with E-state index in [4.69, 9.17) is 4.74 Å². The van der Waals surface area contributed by atoms with Crippen molar-refractivity contribution in [3.05, 3.63) is 106 Å². The van der Waals surface area contributed by atoms with Crippen LogP contribution in [0.4, 0.5) is 0 Å². The highest BCUT2D eigenvalue weighted by atomic mass is 79.9. The van der Waals surface area contributed by atoms with Gasteiger partial charge in [-0.1, -0.05) is 76.6 Å². The Morgan fingerprint density at radius 2 is 1.69 bits per heavy atom. The molecule has 0 N–H and O–H groups in total. The standard InChI is InChI=1S/C27H24BrNO3/c1-29-18-24(22-10-6-7-11-25(22)29)27(26(31)32-2,20-12-14-21(28)15-13-20)23(16-17-30)19-8-4-3-5-9-19/h3-15,17-18,23H,16H2,1-2H3/t23-,27-/m0/s1. The van der Waals surface area contributed by atoms with E-state index in [1.807, 2.05) is 96.7 Å². The van der Waals surface area contributed by atoms with Gasteiger partial charge in [0.25, 0.3) is 0 Å². The van der Waals surface area contributed by atoms with Crippen LogP contribution in [0.25, 0.3) is 10.9 Å². The summed E-state index contributed by atoms with van der Waals surface area (Å²) in [6.07, 6.45) is 3.04. The number of methoxy groups -OCH3 is 1. The summed E-state index contributed by atoms with van der Waals surface area (Å²) < 4.78 is 8.41. The SMILES string of the molecule is COC(=O)[C@](c1ccc(Br)cc1)(c1cn(C)c2ccccc12)[C@@H](CC=O)c1ccccc1. The molecule has 1 heterocycles. The van der Waals surface area contributed by atoms with Crippen LogP contribution in [0, 0.1) is 0 Å². The number of hydrogen-bond donors (Lipinski definition) is 0.